The van der Waals surface area contributed by atoms with Crippen molar-refractivity contribution in [1.29, 1.82) is 0 Å². The molecule has 1 saturated carbocycles. The van der Waals surface area contributed by atoms with Crippen LogP contribution in [-0.2, 0) is 6.54 Å². The molecule has 18 heavy (non-hydrogen) atoms. The van der Waals surface area contributed by atoms with Crippen molar-refractivity contribution in [2.45, 2.75) is 45.6 Å². The summed E-state index contributed by atoms with van der Waals surface area (Å²) in [7, 11) is 0. The number of hydrogen-bond acceptors (Lipinski definition) is 3. The summed E-state index contributed by atoms with van der Waals surface area (Å²) in [5, 5.41) is 2.97. The van der Waals surface area contributed by atoms with Crippen molar-refractivity contribution in [1.82, 2.24) is 5.32 Å². The Morgan fingerprint density at radius 1 is 1.39 bits per heavy atom. The molecule has 0 bridgehead atoms. The molecule has 0 radical (unpaired) electrons. The summed E-state index contributed by atoms with van der Waals surface area (Å²) in [6.45, 7) is 3.30. The average Bonchev–Trinajstić information content (AvgIpc) is 2.86. The van der Waals surface area contributed by atoms with Crippen LogP contribution in [0, 0.1) is 5.41 Å². The van der Waals surface area contributed by atoms with Crippen LogP contribution in [0.4, 0.5) is 0 Å². The monoisotopic (exact) mass is 250 g/mol. The minimum atomic E-state index is -0.138. The lowest BCUT2D eigenvalue weighted by atomic mass is 9.76. The van der Waals surface area contributed by atoms with Crippen LogP contribution in [0.3, 0.4) is 0 Å². The van der Waals surface area contributed by atoms with Crippen molar-refractivity contribution < 1.29 is 9.21 Å². The summed E-state index contributed by atoms with van der Waals surface area (Å²) < 4.78 is 5.33. The molecule has 0 unspecified atom stereocenters. The van der Waals surface area contributed by atoms with E-state index in [4.69, 9.17) is 10.2 Å². The van der Waals surface area contributed by atoms with Crippen molar-refractivity contribution in [2.24, 2.45) is 11.1 Å². The lowest BCUT2D eigenvalue weighted by molar-refractivity contribution is 0.0890. The van der Waals surface area contributed by atoms with Gasteiger partial charge in [-0.1, -0.05) is 26.2 Å². The minimum absolute atomic E-state index is 0.138. The Balaban J connectivity index is 1.87. The van der Waals surface area contributed by atoms with Gasteiger partial charge in [-0.2, -0.15) is 0 Å². The molecule has 1 amide bonds. The van der Waals surface area contributed by atoms with Gasteiger partial charge in [-0.15, -0.1) is 0 Å². The van der Waals surface area contributed by atoms with E-state index < -0.39 is 0 Å². The highest BCUT2D eigenvalue weighted by atomic mass is 16.4. The first-order valence-electron chi connectivity index (χ1n) is 6.70. The zero-order chi connectivity index (χ0) is 13.0. The lowest BCUT2D eigenvalue weighted by Gasteiger charge is -2.33. The maximum atomic E-state index is 11.9. The SMILES string of the molecule is CC1(CNC(=O)c2ccc(CN)o2)CCCCC1. The van der Waals surface area contributed by atoms with E-state index >= 15 is 0 Å². The summed E-state index contributed by atoms with van der Waals surface area (Å²) in [6, 6.07) is 3.43. The van der Waals surface area contributed by atoms with Crippen molar-refractivity contribution in [3.8, 4) is 0 Å². The van der Waals surface area contributed by atoms with Crippen LogP contribution in [0.2, 0.25) is 0 Å². The predicted octanol–water partition coefficient (Wildman–Crippen LogP) is 2.44. The highest BCUT2D eigenvalue weighted by molar-refractivity contribution is 5.91. The molecule has 1 fully saturated rings. The van der Waals surface area contributed by atoms with E-state index in [1.165, 1.54) is 32.1 Å². The number of furan rings is 1. The second kappa shape index (κ2) is 5.57. The summed E-state index contributed by atoms with van der Waals surface area (Å²) in [6.07, 6.45) is 6.25. The molecule has 0 spiro atoms. The molecule has 1 aromatic rings. The summed E-state index contributed by atoms with van der Waals surface area (Å²) in [5.41, 5.74) is 5.70. The Morgan fingerprint density at radius 2 is 2.11 bits per heavy atom. The zero-order valence-electron chi connectivity index (χ0n) is 11.0. The van der Waals surface area contributed by atoms with Crippen LogP contribution in [0.1, 0.15) is 55.3 Å². The molecule has 4 heteroatoms. The zero-order valence-corrected chi connectivity index (χ0v) is 11.0. The third-order valence-electron chi connectivity index (χ3n) is 3.82. The van der Waals surface area contributed by atoms with E-state index in [2.05, 4.69) is 12.2 Å². The fourth-order valence-electron chi connectivity index (χ4n) is 2.57. The van der Waals surface area contributed by atoms with Gasteiger partial charge in [0.1, 0.15) is 5.76 Å². The first-order chi connectivity index (χ1) is 8.63. The van der Waals surface area contributed by atoms with Gasteiger partial charge in [-0.25, -0.2) is 0 Å². The number of rotatable bonds is 4. The molecule has 4 nitrogen and oxygen atoms in total. The highest BCUT2D eigenvalue weighted by Crippen LogP contribution is 2.34. The smallest absolute Gasteiger partial charge is 0.287 e. The van der Waals surface area contributed by atoms with Crippen molar-refractivity contribution in [3.63, 3.8) is 0 Å². The van der Waals surface area contributed by atoms with Crippen molar-refractivity contribution in [3.05, 3.63) is 23.7 Å². The van der Waals surface area contributed by atoms with Crippen LogP contribution in [0.5, 0.6) is 0 Å². The molecule has 1 aliphatic carbocycles. The van der Waals surface area contributed by atoms with E-state index in [1.807, 2.05) is 0 Å². The van der Waals surface area contributed by atoms with Crippen molar-refractivity contribution >= 4 is 5.91 Å². The number of nitrogens with two attached hydrogens (primary N) is 1. The first-order valence-corrected chi connectivity index (χ1v) is 6.70. The topological polar surface area (TPSA) is 68.3 Å². The number of hydrogen-bond donors (Lipinski definition) is 2. The van der Waals surface area contributed by atoms with Gasteiger partial charge in [0.25, 0.3) is 5.91 Å². The van der Waals surface area contributed by atoms with Crippen LogP contribution in [0.25, 0.3) is 0 Å². The normalized spacial score (nSPS) is 18.6. The van der Waals surface area contributed by atoms with Crippen LogP contribution in [-0.4, -0.2) is 12.5 Å². The van der Waals surface area contributed by atoms with Crippen LogP contribution >= 0.6 is 0 Å². The minimum Gasteiger partial charge on any atom is -0.455 e. The Bertz CT molecular complexity index is 406. The van der Waals surface area contributed by atoms with E-state index in [1.54, 1.807) is 12.1 Å². The Kier molecular flexibility index (Phi) is 4.07. The van der Waals surface area contributed by atoms with E-state index in [-0.39, 0.29) is 11.3 Å². The van der Waals surface area contributed by atoms with Gasteiger partial charge < -0.3 is 15.5 Å². The number of nitrogens with one attached hydrogen (secondary N) is 1. The van der Waals surface area contributed by atoms with Crippen LogP contribution in [0.15, 0.2) is 16.5 Å². The molecule has 0 saturated heterocycles. The molecule has 0 aliphatic heterocycles. The maximum Gasteiger partial charge on any atom is 0.287 e. The lowest BCUT2D eigenvalue weighted by Crippen LogP contribution is -2.36. The van der Waals surface area contributed by atoms with Gasteiger partial charge in [0.2, 0.25) is 0 Å². The maximum absolute atomic E-state index is 11.9. The molecule has 1 aromatic heterocycles. The number of carbonyl (C=O) groups is 1. The second-order valence-electron chi connectivity index (χ2n) is 5.52. The molecule has 0 atom stereocenters. The number of carbonyl (C=O) groups excluding carboxylic acids is 1. The Hall–Kier alpha value is -1.29. The van der Waals surface area contributed by atoms with Gasteiger partial charge >= 0.3 is 0 Å². The molecular formula is C14H22N2O2. The van der Waals surface area contributed by atoms with Gasteiger partial charge in [-0.3, -0.25) is 4.79 Å². The van der Waals surface area contributed by atoms with E-state index in [0.29, 0.717) is 18.1 Å². The summed E-state index contributed by atoms with van der Waals surface area (Å²) in [5.74, 6) is 0.861. The standard InChI is InChI=1S/C14H22N2O2/c1-14(7-3-2-4-8-14)10-16-13(17)12-6-5-11(9-15)18-12/h5-6H,2-4,7-10,15H2,1H3,(H,16,17). The fourth-order valence-corrected chi connectivity index (χ4v) is 2.57. The fraction of sp³-hybridized carbons (Fsp3) is 0.643. The van der Waals surface area contributed by atoms with Gasteiger partial charge in [0, 0.05) is 6.54 Å². The molecule has 100 valence electrons. The Labute approximate surface area is 108 Å². The third-order valence-corrected chi connectivity index (χ3v) is 3.82. The van der Waals surface area contributed by atoms with E-state index in [9.17, 15) is 4.79 Å². The van der Waals surface area contributed by atoms with E-state index in [0.717, 1.165) is 6.54 Å². The Morgan fingerprint density at radius 3 is 2.72 bits per heavy atom. The summed E-state index contributed by atoms with van der Waals surface area (Å²) in [4.78, 5) is 11.9. The quantitative estimate of drug-likeness (QED) is 0.862. The van der Waals surface area contributed by atoms with Gasteiger partial charge in [0.15, 0.2) is 5.76 Å². The number of amides is 1. The average molecular weight is 250 g/mol. The highest BCUT2D eigenvalue weighted by Gasteiger charge is 2.27. The second-order valence-corrected chi connectivity index (χ2v) is 5.52. The van der Waals surface area contributed by atoms with Gasteiger partial charge in [-0.05, 0) is 30.4 Å². The molecule has 1 aliphatic rings. The summed E-state index contributed by atoms with van der Waals surface area (Å²) >= 11 is 0. The molecular weight excluding hydrogens is 228 g/mol. The first kappa shape index (κ1) is 13.1. The third kappa shape index (κ3) is 3.13. The van der Waals surface area contributed by atoms with Crippen molar-refractivity contribution in [2.75, 3.05) is 6.54 Å². The largest absolute Gasteiger partial charge is 0.455 e. The van der Waals surface area contributed by atoms with Gasteiger partial charge in [0.05, 0.1) is 6.54 Å². The molecule has 0 aromatic carbocycles. The van der Waals surface area contributed by atoms with Crippen LogP contribution < -0.4 is 11.1 Å². The predicted molar refractivity (Wildman–Crippen MR) is 70.1 cm³/mol. The molecule has 3 N–H and O–H groups in total. The molecule has 2 rings (SSSR count). The molecule has 1 heterocycles.